The third-order valence-electron chi connectivity index (χ3n) is 1.26. The Labute approximate surface area is 55.0 Å². The van der Waals surface area contributed by atoms with Crippen LogP contribution in [0.5, 0.6) is 0 Å². The highest BCUT2D eigenvalue weighted by molar-refractivity contribution is 6.19. The van der Waals surface area contributed by atoms with Crippen LogP contribution in [0.25, 0.3) is 0 Å². The lowest BCUT2D eigenvalue weighted by Gasteiger charge is -2.21. The summed E-state index contributed by atoms with van der Waals surface area (Å²) in [4.78, 5) is 0. The average Bonchev–Trinajstić information content (AvgIpc) is 1.77. The molecular formula is C6H10ClO. The molecule has 0 aliphatic carbocycles. The first-order valence-electron chi connectivity index (χ1n) is 2.88. The molecule has 0 aromatic rings. The molecule has 1 fully saturated rings. The van der Waals surface area contributed by atoms with E-state index in [0.717, 1.165) is 13.0 Å². The molecule has 2 atom stereocenters. The number of hydrogen-bond acceptors (Lipinski definition) is 1. The summed E-state index contributed by atoms with van der Waals surface area (Å²) in [6.45, 7) is 2.91. The van der Waals surface area contributed by atoms with Gasteiger partial charge in [-0.2, -0.15) is 0 Å². The summed E-state index contributed by atoms with van der Waals surface area (Å²) in [5.41, 5.74) is -0.0637. The van der Waals surface area contributed by atoms with Gasteiger partial charge in [0.15, 0.2) is 0 Å². The molecule has 1 aliphatic heterocycles. The first kappa shape index (κ1) is 6.37. The van der Waals surface area contributed by atoms with Crippen LogP contribution < -0.4 is 0 Å². The largest absolute Gasteiger partial charge is 0.362 e. The fourth-order valence-corrected chi connectivity index (χ4v) is 0.907. The van der Waals surface area contributed by atoms with E-state index >= 15 is 0 Å². The average molecular weight is 134 g/mol. The van der Waals surface area contributed by atoms with E-state index in [0.29, 0.717) is 5.92 Å². The molecule has 1 heterocycles. The second-order valence-corrected chi connectivity index (χ2v) is 2.68. The lowest BCUT2D eigenvalue weighted by atomic mass is 10.1. The first-order valence-corrected chi connectivity index (χ1v) is 3.31. The fraction of sp³-hybridized carbons (Fsp3) is 0.833. The molecule has 2 unspecified atom stereocenters. The van der Waals surface area contributed by atoms with Crippen molar-refractivity contribution in [2.24, 2.45) is 5.92 Å². The molecule has 2 heteroatoms. The highest BCUT2D eigenvalue weighted by atomic mass is 35.5. The van der Waals surface area contributed by atoms with Gasteiger partial charge in [0.1, 0.15) is 5.56 Å². The number of rotatable bonds is 0. The molecule has 1 radical (unpaired) electrons. The van der Waals surface area contributed by atoms with Crippen LogP contribution >= 0.6 is 11.6 Å². The zero-order chi connectivity index (χ0) is 5.98. The van der Waals surface area contributed by atoms with E-state index in [2.05, 4.69) is 13.3 Å². The van der Waals surface area contributed by atoms with Crippen molar-refractivity contribution in [1.82, 2.24) is 0 Å². The van der Waals surface area contributed by atoms with Gasteiger partial charge in [-0.25, -0.2) is 0 Å². The lowest BCUT2D eigenvalue weighted by molar-refractivity contribution is 0.0604. The van der Waals surface area contributed by atoms with Gasteiger partial charge in [0.25, 0.3) is 0 Å². The molecule has 0 saturated carbocycles. The Kier molecular flexibility index (Phi) is 2.15. The zero-order valence-corrected chi connectivity index (χ0v) is 5.69. The minimum Gasteiger partial charge on any atom is -0.362 e. The maximum Gasteiger partial charge on any atom is 0.131 e. The van der Waals surface area contributed by atoms with Crippen LogP contribution in [0.15, 0.2) is 0 Å². The predicted octanol–water partition coefficient (Wildman–Crippen LogP) is 1.81. The summed E-state index contributed by atoms with van der Waals surface area (Å²) in [5.74, 6) is 0.588. The van der Waals surface area contributed by atoms with Gasteiger partial charge in [0.2, 0.25) is 0 Å². The predicted molar refractivity (Wildman–Crippen MR) is 33.7 cm³/mol. The van der Waals surface area contributed by atoms with Crippen molar-refractivity contribution in [2.45, 2.75) is 18.9 Å². The molecule has 0 bridgehead atoms. The number of hydrogen-bond donors (Lipinski definition) is 0. The van der Waals surface area contributed by atoms with E-state index in [1.54, 1.807) is 0 Å². The Morgan fingerprint density at radius 1 is 1.75 bits per heavy atom. The summed E-state index contributed by atoms with van der Waals surface area (Å²) in [5, 5.41) is 0. The summed E-state index contributed by atoms with van der Waals surface area (Å²) < 4.78 is 5.12. The quantitative estimate of drug-likeness (QED) is 0.458. The van der Waals surface area contributed by atoms with E-state index in [9.17, 15) is 0 Å². The van der Waals surface area contributed by atoms with Crippen LogP contribution in [0.4, 0.5) is 0 Å². The number of halogens is 1. The van der Waals surface area contributed by atoms with Crippen molar-refractivity contribution in [3.8, 4) is 0 Å². The summed E-state index contributed by atoms with van der Waals surface area (Å²) >= 11 is 5.63. The topological polar surface area (TPSA) is 9.23 Å². The molecule has 0 N–H and O–H groups in total. The Morgan fingerprint density at radius 2 is 2.50 bits per heavy atom. The molecule has 0 spiro atoms. The number of ether oxygens (including phenoxy) is 1. The maximum atomic E-state index is 5.63. The van der Waals surface area contributed by atoms with E-state index in [1.165, 1.54) is 0 Å². The molecule has 1 nitrogen and oxygen atoms in total. The standard InChI is InChI=1S/C6H10ClO/c1-5-2-3-6(7)8-4-5/h2,5-6H,3-4H2,1H3. The second-order valence-electron chi connectivity index (χ2n) is 2.19. The molecule has 8 heavy (non-hydrogen) atoms. The van der Waals surface area contributed by atoms with Crippen molar-refractivity contribution in [1.29, 1.82) is 0 Å². The van der Waals surface area contributed by atoms with Gasteiger partial charge in [-0.1, -0.05) is 18.5 Å². The molecule has 1 rings (SSSR count). The van der Waals surface area contributed by atoms with Gasteiger partial charge in [0.05, 0.1) is 6.61 Å². The minimum atomic E-state index is -0.0637. The van der Waals surface area contributed by atoms with Gasteiger partial charge in [-0.05, 0) is 18.8 Å². The molecule has 47 valence electrons. The molecule has 0 aromatic carbocycles. The van der Waals surface area contributed by atoms with Crippen molar-refractivity contribution in [3.63, 3.8) is 0 Å². The molecule has 0 amide bonds. The zero-order valence-electron chi connectivity index (χ0n) is 4.93. The molecule has 1 saturated heterocycles. The Balaban J connectivity index is 2.19. The highest BCUT2D eigenvalue weighted by Gasteiger charge is 2.15. The van der Waals surface area contributed by atoms with E-state index in [-0.39, 0.29) is 5.56 Å². The van der Waals surface area contributed by atoms with Gasteiger partial charge < -0.3 is 4.74 Å². The summed E-state index contributed by atoms with van der Waals surface area (Å²) in [6, 6.07) is 0. The molecule has 1 aliphatic rings. The fourth-order valence-electron chi connectivity index (χ4n) is 0.732. The van der Waals surface area contributed by atoms with Crippen LogP contribution in [0.2, 0.25) is 0 Å². The summed E-state index contributed by atoms with van der Waals surface area (Å²) in [6.07, 6.45) is 3.09. The second kappa shape index (κ2) is 2.70. The van der Waals surface area contributed by atoms with Crippen LogP contribution in [-0.4, -0.2) is 12.2 Å². The first-order chi connectivity index (χ1) is 3.79. The normalized spacial score (nSPS) is 39.8. The maximum absolute atomic E-state index is 5.63. The van der Waals surface area contributed by atoms with Gasteiger partial charge in [-0.15, -0.1) is 0 Å². The smallest absolute Gasteiger partial charge is 0.131 e. The van der Waals surface area contributed by atoms with Gasteiger partial charge in [0, 0.05) is 0 Å². The van der Waals surface area contributed by atoms with Crippen LogP contribution in [0, 0.1) is 12.3 Å². The Hall–Kier alpha value is 0.250. The third-order valence-corrected chi connectivity index (χ3v) is 1.57. The van der Waals surface area contributed by atoms with E-state index in [1.807, 2.05) is 0 Å². The van der Waals surface area contributed by atoms with E-state index < -0.39 is 0 Å². The van der Waals surface area contributed by atoms with Crippen molar-refractivity contribution >= 4 is 11.6 Å². The van der Waals surface area contributed by atoms with Crippen molar-refractivity contribution < 1.29 is 4.74 Å². The SMILES string of the molecule is CC1[CH]CC(Cl)OC1. The van der Waals surface area contributed by atoms with Gasteiger partial charge >= 0.3 is 0 Å². The van der Waals surface area contributed by atoms with Gasteiger partial charge in [-0.3, -0.25) is 0 Å². The van der Waals surface area contributed by atoms with Crippen LogP contribution in [-0.2, 0) is 4.74 Å². The van der Waals surface area contributed by atoms with Crippen molar-refractivity contribution in [3.05, 3.63) is 6.42 Å². The Morgan fingerprint density at radius 3 is 2.88 bits per heavy atom. The monoisotopic (exact) mass is 133 g/mol. The molecular weight excluding hydrogens is 124 g/mol. The summed E-state index contributed by atoms with van der Waals surface area (Å²) in [7, 11) is 0. The Bertz CT molecular complexity index is 56.9. The molecule has 0 aromatic heterocycles. The van der Waals surface area contributed by atoms with Crippen LogP contribution in [0.3, 0.4) is 0 Å². The third kappa shape index (κ3) is 1.64. The van der Waals surface area contributed by atoms with E-state index in [4.69, 9.17) is 16.3 Å². The number of alkyl halides is 1. The van der Waals surface area contributed by atoms with Crippen molar-refractivity contribution in [2.75, 3.05) is 6.61 Å². The van der Waals surface area contributed by atoms with Crippen LogP contribution in [0.1, 0.15) is 13.3 Å². The minimum absolute atomic E-state index is 0.0637. The lowest BCUT2D eigenvalue weighted by Crippen LogP contribution is -2.20. The highest BCUT2D eigenvalue weighted by Crippen LogP contribution is 2.18.